The van der Waals surface area contributed by atoms with Gasteiger partial charge in [0.05, 0.1) is 25.6 Å². The number of methoxy groups -OCH3 is 2. The number of allylic oxidation sites excluding steroid dienone is 1. The van der Waals surface area contributed by atoms with Crippen LogP contribution in [0.15, 0.2) is 57.6 Å². The lowest BCUT2D eigenvalue weighted by Gasteiger charge is -2.20. The number of ether oxygens (including phenoxy) is 3. The summed E-state index contributed by atoms with van der Waals surface area (Å²) in [5.41, 5.74) is 4.99. The van der Waals surface area contributed by atoms with Crippen LogP contribution < -0.4 is 14.5 Å². The number of hydrazone groups is 1. The summed E-state index contributed by atoms with van der Waals surface area (Å²) in [7, 11) is 3.26. The van der Waals surface area contributed by atoms with Crippen molar-refractivity contribution in [2.45, 2.75) is 26.7 Å². The van der Waals surface area contributed by atoms with Crippen molar-refractivity contribution in [3.63, 3.8) is 0 Å². The Balaban J connectivity index is 1.72. The van der Waals surface area contributed by atoms with Gasteiger partial charge in [-0.05, 0) is 61.0 Å². The molecule has 2 aliphatic rings. The zero-order valence-electron chi connectivity index (χ0n) is 18.5. The van der Waals surface area contributed by atoms with Crippen molar-refractivity contribution in [1.29, 1.82) is 0 Å². The van der Waals surface area contributed by atoms with Gasteiger partial charge >= 0.3 is 5.97 Å². The highest BCUT2D eigenvalue weighted by Crippen LogP contribution is 2.37. The van der Waals surface area contributed by atoms with Gasteiger partial charge in [0.1, 0.15) is 5.03 Å². The Kier molecular flexibility index (Phi) is 6.50. The number of nitrogens with zero attached hydrogens (tertiary/aromatic N) is 3. The topological polar surface area (TPSA) is 72.7 Å². The van der Waals surface area contributed by atoms with E-state index >= 15 is 0 Å². The molecule has 166 valence electrons. The zero-order valence-corrected chi connectivity index (χ0v) is 19.4. The maximum atomic E-state index is 11.8. The van der Waals surface area contributed by atoms with Crippen LogP contribution in [0.3, 0.4) is 0 Å². The number of aliphatic imine (C=N–C) groups is 1. The van der Waals surface area contributed by atoms with Gasteiger partial charge in [-0.3, -0.25) is 9.79 Å². The summed E-state index contributed by atoms with van der Waals surface area (Å²) in [4.78, 5) is 16.6. The van der Waals surface area contributed by atoms with Crippen molar-refractivity contribution >= 4 is 34.4 Å². The Labute approximate surface area is 191 Å². The van der Waals surface area contributed by atoms with Crippen LogP contribution in [0, 0.1) is 6.92 Å². The van der Waals surface area contributed by atoms with Crippen LogP contribution in [-0.2, 0) is 16.0 Å². The molecule has 0 N–H and O–H groups in total. The fourth-order valence-electron chi connectivity index (χ4n) is 3.45. The largest absolute Gasteiger partial charge is 0.493 e. The van der Waals surface area contributed by atoms with Gasteiger partial charge in [-0.15, -0.1) is 5.10 Å². The number of benzene rings is 2. The molecule has 0 aliphatic carbocycles. The van der Waals surface area contributed by atoms with Gasteiger partial charge in [0.25, 0.3) is 5.23 Å². The van der Waals surface area contributed by atoms with E-state index in [2.05, 4.69) is 5.10 Å². The van der Waals surface area contributed by atoms with Crippen molar-refractivity contribution < 1.29 is 19.0 Å². The van der Waals surface area contributed by atoms with E-state index in [9.17, 15) is 4.79 Å². The Morgan fingerprint density at radius 1 is 1.16 bits per heavy atom. The second-order valence-electron chi connectivity index (χ2n) is 7.31. The standard InChI is InChI=1S/C24H25N3O4S/c1-5-23(28)31-24-26-27(17-8-6-15(2)7-9-17)22(32-24)14-19-18-13-21(30-4)20(29-3)12-16(18)10-11-25-19/h6-9,12-14H,5,10-11H2,1-4H3/b22-14+. The molecule has 0 aromatic heterocycles. The Morgan fingerprint density at radius 2 is 1.88 bits per heavy atom. The van der Waals surface area contributed by atoms with Gasteiger partial charge in [0.15, 0.2) is 11.5 Å². The summed E-state index contributed by atoms with van der Waals surface area (Å²) in [5, 5.41) is 7.42. The smallest absolute Gasteiger partial charge is 0.312 e. The quantitative estimate of drug-likeness (QED) is 0.615. The highest BCUT2D eigenvalue weighted by atomic mass is 32.2. The molecule has 7 nitrogen and oxygen atoms in total. The summed E-state index contributed by atoms with van der Waals surface area (Å²) in [6, 6.07) is 12.0. The predicted molar refractivity (Wildman–Crippen MR) is 128 cm³/mol. The van der Waals surface area contributed by atoms with Crippen LogP contribution in [0.2, 0.25) is 0 Å². The highest BCUT2D eigenvalue weighted by Gasteiger charge is 2.27. The molecule has 0 atom stereocenters. The SMILES string of the molecule is CCC(=O)OC1=NN(c2ccc(C)cc2)/C(=C\C2=NCCc3cc(OC)c(OC)cc32)S1. The number of carbonyl (C=O) groups is 1. The van der Waals surface area contributed by atoms with Gasteiger partial charge in [-0.25, -0.2) is 5.01 Å². The second-order valence-corrected chi connectivity index (χ2v) is 8.28. The average molecular weight is 452 g/mol. The summed E-state index contributed by atoms with van der Waals surface area (Å²) in [6.07, 6.45) is 3.09. The maximum absolute atomic E-state index is 11.8. The number of aryl methyl sites for hydroxylation is 1. The minimum absolute atomic E-state index is 0.283. The molecule has 2 aliphatic heterocycles. The molecule has 8 heteroatoms. The predicted octanol–water partition coefficient (Wildman–Crippen LogP) is 4.68. The molecule has 0 unspecified atom stereocenters. The second kappa shape index (κ2) is 9.48. The monoisotopic (exact) mass is 451 g/mol. The molecule has 32 heavy (non-hydrogen) atoms. The number of hydrogen-bond donors (Lipinski definition) is 0. The van der Waals surface area contributed by atoms with Crippen LogP contribution in [0.1, 0.15) is 30.0 Å². The number of carbonyl (C=O) groups excluding carboxylic acids is 1. The maximum Gasteiger partial charge on any atom is 0.312 e. The van der Waals surface area contributed by atoms with Crippen LogP contribution in [0.25, 0.3) is 0 Å². The van der Waals surface area contributed by atoms with Gasteiger partial charge in [-0.1, -0.05) is 24.6 Å². The Bertz CT molecular complexity index is 1120. The molecule has 0 amide bonds. The first-order valence-electron chi connectivity index (χ1n) is 10.4. The molecular formula is C24H25N3O4S. The number of fused-ring (bicyclic) bond motifs is 1. The molecule has 0 bridgehead atoms. The highest BCUT2D eigenvalue weighted by molar-refractivity contribution is 8.17. The number of thioether (sulfide) groups is 1. The van der Waals surface area contributed by atoms with Crippen molar-refractivity contribution in [1.82, 2.24) is 0 Å². The van der Waals surface area contributed by atoms with E-state index in [1.807, 2.05) is 49.4 Å². The van der Waals surface area contributed by atoms with Crippen LogP contribution in [0.5, 0.6) is 11.5 Å². The molecular weight excluding hydrogens is 426 g/mol. The van der Waals surface area contributed by atoms with Crippen molar-refractivity contribution in [2.75, 3.05) is 25.8 Å². The number of esters is 1. The molecule has 0 saturated heterocycles. The van der Waals surface area contributed by atoms with Gasteiger partial charge in [0, 0.05) is 18.5 Å². The number of hydrogen-bond acceptors (Lipinski definition) is 8. The van der Waals surface area contributed by atoms with E-state index in [-0.39, 0.29) is 12.4 Å². The fraction of sp³-hybridized carbons (Fsp3) is 0.292. The van der Waals surface area contributed by atoms with E-state index in [1.165, 1.54) is 11.8 Å². The lowest BCUT2D eigenvalue weighted by Crippen LogP contribution is -2.15. The minimum atomic E-state index is -0.321. The van der Waals surface area contributed by atoms with Gasteiger partial charge in [-0.2, -0.15) is 0 Å². The van der Waals surface area contributed by atoms with Crippen LogP contribution >= 0.6 is 11.8 Å². The third-order valence-corrected chi connectivity index (χ3v) is 6.00. The minimum Gasteiger partial charge on any atom is -0.493 e. The zero-order chi connectivity index (χ0) is 22.7. The summed E-state index contributed by atoms with van der Waals surface area (Å²) in [6.45, 7) is 4.47. The van der Waals surface area contributed by atoms with E-state index in [0.29, 0.717) is 23.3 Å². The molecule has 2 heterocycles. The van der Waals surface area contributed by atoms with Crippen molar-refractivity contribution in [3.05, 3.63) is 64.2 Å². The number of rotatable bonds is 5. The summed E-state index contributed by atoms with van der Waals surface area (Å²) in [5.74, 6) is 1.04. The van der Waals surface area contributed by atoms with Gasteiger partial charge in [0.2, 0.25) is 0 Å². The van der Waals surface area contributed by atoms with Crippen molar-refractivity contribution in [2.24, 2.45) is 10.1 Å². The molecule has 0 spiro atoms. The van der Waals surface area contributed by atoms with Crippen molar-refractivity contribution in [3.8, 4) is 11.5 Å². The van der Waals surface area contributed by atoms with E-state index in [0.717, 1.165) is 39.5 Å². The average Bonchev–Trinajstić information content (AvgIpc) is 3.20. The third-order valence-electron chi connectivity index (χ3n) is 5.16. The van der Waals surface area contributed by atoms with Crippen LogP contribution in [-0.4, -0.2) is 37.7 Å². The van der Waals surface area contributed by atoms with E-state index in [4.69, 9.17) is 19.2 Å². The molecule has 2 aromatic carbocycles. The fourth-order valence-corrected chi connectivity index (χ4v) is 4.28. The summed E-state index contributed by atoms with van der Waals surface area (Å²) >= 11 is 1.30. The first kappa shape index (κ1) is 22.0. The van der Waals surface area contributed by atoms with E-state index in [1.54, 1.807) is 26.2 Å². The lowest BCUT2D eigenvalue weighted by atomic mass is 9.96. The molecule has 0 fully saturated rings. The lowest BCUT2D eigenvalue weighted by molar-refractivity contribution is -0.134. The molecule has 2 aromatic rings. The Hall–Kier alpha value is -3.26. The Morgan fingerprint density at radius 3 is 2.56 bits per heavy atom. The molecule has 0 radical (unpaired) electrons. The van der Waals surface area contributed by atoms with E-state index < -0.39 is 0 Å². The first-order valence-corrected chi connectivity index (χ1v) is 11.2. The summed E-state index contributed by atoms with van der Waals surface area (Å²) < 4.78 is 16.4. The molecule has 4 rings (SSSR count). The normalized spacial score (nSPS) is 16.4. The van der Waals surface area contributed by atoms with Gasteiger partial charge < -0.3 is 14.2 Å². The third kappa shape index (κ3) is 4.50. The van der Waals surface area contributed by atoms with Crippen LogP contribution in [0.4, 0.5) is 5.69 Å². The molecule has 0 saturated carbocycles. The number of anilines is 1. The first-order chi connectivity index (χ1) is 15.5.